The van der Waals surface area contributed by atoms with Gasteiger partial charge >= 0.3 is 0 Å². The summed E-state index contributed by atoms with van der Waals surface area (Å²) in [5.41, 5.74) is -5.30. The minimum absolute atomic E-state index is 0.316. The predicted molar refractivity (Wildman–Crippen MR) is 189 cm³/mol. The molecule has 1 aliphatic heterocycles. The Morgan fingerprint density at radius 1 is 0.333 bits per heavy atom. The summed E-state index contributed by atoms with van der Waals surface area (Å²) in [7, 11) is 0. The normalized spacial score (nSPS) is 20.3. The number of fused-ring (bicyclic) bond motifs is 2. The van der Waals surface area contributed by atoms with Gasteiger partial charge in [-0.15, -0.1) is 0 Å². The highest BCUT2D eigenvalue weighted by atomic mass is 16.5. The maximum atomic E-state index is 9.72. The van der Waals surface area contributed by atoms with E-state index in [1.165, 1.54) is 0 Å². The summed E-state index contributed by atoms with van der Waals surface area (Å²) in [6.07, 6.45) is 0. The van der Waals surface area contributed by atoms with Crippen molar-refractivity contribution in [1.82, 2.24) is 0 Å². The van der Waals surface area contributed by atoms with Crippen molar-refractivity contribution in [2.24, 2.45) is 0 Å². The summed E-state index contributed by atoms with van der Waals surface area (Å²) in [6, 6.07) is -22.1. The van der Waals surface area contributed by atoms with E-state index in [4.69, 9.17) is 26.7 Å². The molecule has 0 fully saturated rings. The Hall–Kier alpha value is -5.92. The molecule has 0 unspecified atom stereocenters. The van der Waals surface area contributed by atoms with Crippen molar-refractivity contribution < 1.29 is 40.4 Å². The number of hydrogen-bond donors (Lipinski definition) is 0. The molecule has 0 N–H and O–H groups in total. The molecule has 0 spiro atoms. The monoisotopic (exact) mass is 596 g/mol. The van der Waals surface area contributed by atoms with Crippen LogP contribution in [0.1, 0.15) is 35.6 Å². The molecule has 1 heteroatoms. The molecule has 9 aromatic rings. The Kier molecular flexibility index (Phi) is 2.13. The Morgan fingerprint density at radius 3 is 1.71 bits per heavy atom. The Bertz CT molecular complexity index is 4050. The van der Waals surface area contributed by atoms with Gasteiger partial charge in [0.25, 0.3) is 0 Å². The third kappa shape index (κ3) is 3.62. The lowest BCUT2D eigenvalue weighted by molar-refractivity contribution is 0.487. The molecule has 9 aromatic carbocycles. The molecule has 0 radical (unpaired) electrons. The average molecular weight is 597 g/mol. The zero-order valence-electron chi connectivity index (χ0n) is 48.4. The lowest BCUT2D eigenvalue weighted by atomic mass is 9.87. The molecule has 0 saturated carbocycles. The van der Waals surface area contributed by atoms with Crippen molar-refractivity contribution in [2.45, 2.75) is 0 Å². The molecule has 0 atom stereocenters. The molecule has 10 rings (SSSR count). The fourth-order valence-corrected chi connectivity index (χ4v) is 5.61. The molecule has 1 nitrogen and oxygen atoms in total. The largest absolute Gasteiger partial charge is 0.456 e. The molecule has 208 valence electrons. The Labute approximate surface area is 297 Å². The third-order valence-electron chi connectivity index (χ3n) is 7.57. The molecule has 0 aromatic heterocycles. The maximum absolute atomic E-state index is 9.72. The number of ether oxygens (including phenoxy) is 1. The maximum Gasteiger partial charge on any atom is 0.135 e. The van der Waals surface area contributed by atoms with Crippen molar-refractivity contribution in [3.8, 4) is 56.0 Å². The van der Waals surface area contributed by atoms with Gasteiger partial charge in [0.15, 0.2) is 0 Å². The smallest absolute Gasteiger partial charge is 0.135 e. The first-order valence-corrected chi connectivity index (χ1v) is 13.4. The van der Waals surface area contributed by atoms with Gasteiger partial charge in [-0.3, -0.25) is 0 Å². The highest BCUT2D eigenvalue weighted by Crippen LogP contribution is 2.48. The van der Waals surface area contributed by atoms with E-state index in [-0.39, 0.29) is 10.8 Å². The summed E-state index contributed by atoms with van der Waals surface area (Å²) in [5, 5.41) is -3.65. The summed E-state index contributed by atoms with van der Waals surface area (Å²) < 4.78 is 239. The van der Waals surface area contributed by atoms with Crippen molar-refractivity contribution in [3.05, 3.63) is 157 Å². The van der Waals surface area contributed by atoms with Crippen LogP contribution in [0.2, 0.25) is 0 Å². The van der Waals surface area contributed by atoms with Crippen LogP contribution in [0.3, 0.4) is 0 Å². The van der Waals surface area contributed by atoms with Crippen molar-refractivity contribution in [1.29, 1.82) is 0 Å². The lowest BCUT2D eigenvalue weighted by Gasteiger charge is -2.22. The van der Waals surface area contributed by atoms with Crippen molar-refractivity contribution >= 4 is 43.1 Å². The van der Waals surface area contributed by atoms with Crippen molar-refractivity contribution in [2.75, 3.05) is 0 Å². The summed E-state index contributed by atoms with van der Waals surface area (Å²) in [5.74, 6) is -1.14. The van der Waals surface area contributed by atoms with Crippen LogP contribution < -0.4 is 4.74 Å². The van der Waals surface area contributed by atoms with E-state index < -0.39 is 245 Å². The van der Waals surface area contributed by atoms with Gasteiger partial charge in [0.05, 0.1) is 35.6 Å². The SMILES string of the molecule is [2H]c1c([2H])c([2H])c(-c2c([2H])c([2H])c3c([2H])c([2H])c4c(-c5c([2H])c([2H])c([2H])c(-c6c([2H])c([2H])c7c(c6[2H])-c6c([2H])c([2H])c([2H])c8c([2H])c([2H])c([2H])c(c68)O7)c5[2H])c([2H])c([2H])c5c([2H])c([2H])c2c3c54)c([2H])c1[2H]. The van der Waals surface area contributed by atoms with E-state index in [1.54, 1.807) is 0 Å². The van der Waals surface area contributed by atoms with Crippen LogP contribution in [0.5, 0.6) is 11.5 Å². The number of hydrogen-bond acceptors (Lipinski definition) is 1. The van der Waals surface area contributed by atoms with Gasteiger partial charge in [-0.05, 0) is 101 Å². The Morgan fingerprint density at radius 2 is 0.933 bits per heavy atom. The molecule has 0 bridgehead atoms. The quantitative estimate of drug-likeness (QED) is 0.184. The average Bonchev–Trinajstić information content (AvgIpc) is 3.33. The Balaban J connectivity index is 1.38. The highest BCUT2D eigenvalue weighted by Gasteiger charge is 2.21. The fraction of sp³-hybridized carbons (Fsp3) is 0. The van der Waals surface area contributed by atoms with Crippen LogP contribution >= 0.6 is 0 Å². The molecule has 0 amide bonds. The van der Waals surface area contributed by atoms with Gasteiger partial charge in [-0.1, -0.05) is 133 Å². The first kappa shape index (κ1) is 10.3. The fourth-order valence-electron chi connectivity index (χ4n) is 5.61. The molecular weight excluding hydrogens is 544 g/mol. The van der Waals surface area contributed by atoms with E-state index in [2.05, 4.69) is 0 Å². The van der Waals surface area contributed by atoms with Crippen LogP contribution in [0, 0.1) is 0 Å². The standard InChI is InChI=1S/C44H26O/c1-2-7-27(8-3-1)34-20-15-29-18-23-38-35(21-16-30-17-22-37(34)43(29)44(30)38)33-12-4-11-31(25-33)32-19-24-40-39(26-32)36-13-5-9-28-10-6-14-41(45-40)42(28)36/h1-26H/i1D,2D,3D,4D,5D,6D,7D,8D,9D,10D,11D,12D,13D,14D,15D,16D,17D,18D,19D,20D,21D,22D,23D,24D,25D,26D. The van der Waals surface area contributed by atoms with Crippen LogP contribution in [0.4, 0.5) is 0 Å². The van der Waals surface area contributed by atoms with Crippen molar-refractivity contribution in [3.63, 3.8) is 0 Å². The highest BCUT2D eigenvalue weighted by molar-refractivity contribution is 6.27. The van der Waals surface area contributed by atoms with Crippen LogP contribution in [0.25, 0.3) is 87.6 Å². The molecule has 45 heavy (non-hydrogen) atoms. The van der Waals surface area contributed by atoms with Gasteiger partial charge in [0.2, 0.25) is 0 Å². The second-order valence-corrected chi connectivity index (χ2v) is 10.0. The molecule has 0 aliphatic carbocycles. The van der Waals surface area contributed by atoms with E-state index in [0.29, 0.717) is 0 Å². The van der Waals surface area contributed by atoms with Crippen LogP contribution in [-0.2, 0) is 0 Å². The zero-order valence-corrected chi connectivity index (χ0v) is 22.4. The lowest BCUT2D eigenvalue weighted by Crippen LogP contribution is -1.97. The van der Waals surface area contributed by atoms with E-state index >= 15 is 0 Å². The van der Waals surface area contributed by atoms with Gasteiger partial charge in [-0.25, -0.2) is 0 Å². The number of rotatable bonds is 3. The predicted octanol–water partition coefficient (Wildman–Crippen LogP) is 12.5. The van der Waals surface area contributed by atoms with Gasteiger partial charge in [0, 0.05) is 10.9 Å². The van der Waals surface area contributed by atoms with E-state index in [9.17, 15) is 13.7 Å². The van der Waals surface area contributed by atoms with Gasteiger partial charge < -0.3 is 4.74 Å². The van der Waals surface area contributed by atoms with Gasteiger partial charge in [-0.2, -0.15) is 0 Å². The number of benzene rings is 9. The minimum atomic E-state index is -1.02. The first-order valence-electron chi connectivity index (χ1n) is 26.4. The van der Waals surface area contributed by atoms with E-state index in [1.807, 2.05) is 0 Å². The topological polar surface area (TPSA) is 9.23 Å². The molecule has 1 aliphatic rings. The summed E-state index contributed by atoms with van der Waals surface area (Å²) >= 11 is 0. The molecule has 1 heterocycles. The third-order valence-corrected chi connectivity index (χ3v) is 7.57. The second kappa shape index (κ2) is 9.29. The van der Waals surface area contributed by atoms with E-state index in [0.717, 1.165) is 0 Å². The minimum Gasteiger partial charge on any atom is -0.456 e. The van der Waals surface area contributed by atoms with Crippen LogP contribution in [0.15, 0.2) is 157 Å². The molecular formula is C44H26O. The summed E-state index contributed by atoms with van der Waals surface area (Å²) in [6.45, 7) is 0. The van der Waals surface area contributed by atoms with Crippen LogP contribution in [-0.4, -0.2) is 0 Å². The zero-order chi connectivity index (χ0) is 52.1. The second-order valence-electron chi connectivity index (χ2n) is 10.0. The molecule has 0 saturated heterocycles. The first-order chi connectivity index (χ1) is 33.2. The summed E-state index contributed by atoms with van der Waals surface area (Å²) in [4.78, 5) is 0. The van der Waals surface area contributed by atoms with Gasteiger partial charge in [0.1, 0.15) is 11.5 Å².